The van der Waals surface area contributed by atoms with Gasteiger partial charge in [0.05, 0.1) is 23.7 Å². The van der Waals surface area contributed by atoms with E-state index >= 15 is 0 Å². The lowest BCUT2D eigenvalue weighted by Gasteiger charge is -2.26. The molecule has 3 aromatic rings. The topological polar surface area (TPSA) is 102 Å². The fraction of sp³-hybridized carbons (Fsp3) is 0.280. The first-order chi connectivity index (χ1) is 16.3. The summed E-state index contributed by atoms with van der Waals surface area (Å²) < 4.78 is 40.4. The second kappa shape index (κ2) is 9.81. The molecule has 0 saturated carbocycles. The van der Waals surface area contributed by atoms with Gasteiger partial charge in [-0.15, -0.1) is 0 Å². The fourth-order valence-electron chi connectivity index (χ4n) is 4.07. The predicted molar refractivity (Wildman–Crippen MR) is 126 cm³/mol. The van der Waals surface area contributed by atoms with Crippen molar-refractivity contribution in [1.82, 2.24) is 8.87 Å². The summed E-state index contributed by atoms with van der Waals surface area (Å²) in [7, 11) is -3.65. The van der Waals surface area contributed by atoms with Crippen LogP contribution in [-0.4, -0.2) is 56.0 Å². The van der Waals surface area contributed by atoms with E-state index in [1.165, 1.54) is 4.31 Å². The summed E-state index contributed by atoms with van der Waals surface area (Å²) in [5.41, 5.74) is 2.96. The molecule has 0 aliphatic carbocycles. The van der Waals surface area contributed by atoms with Gasteiger partial charge in [-0.1, -0.05) is 18.2 Å². The summed E-state index contributed by atoms with van der Waals surface area (Å²) >= 11 is 0. The number of hydrogen-bond donors (Lipinski definition) is 0. The Labute approximate surface area is 199 Å². The SMILES string of the molecule is Cc1cc(C(=O)COc2ccccc2C#N)c(C)n1-c1cccc(S(=O)(=O)N2CCOCC2)c1. The van der Waals surface area contributed by atoms with Gasteiger partial charge >= 0.3 is 0 Å². The maximum Gasteiger partial charge on any atom is 0.243 e. The van der Waals surface area contributed by atoms with Gasteiger partial charge in [0.2, 0.25) is 15.8 Å². The van der Waals surface area contributed by atoms with Crippen molar-refractivity contribution < 1.29 is 22.7 Å². The lowest BCUT2D eigenvalue weighted by molar-refractivity contribution is 0.0730. The number of ketones is 1. The lowest BCUT2D eigenvalue weighted by atomic mass is 10.1. The van der Waals surface area contributed by atoms with Gasteiger partial charge in [0.15, 0.2) is 6.61 Å². The average Bonchev–Trinajstić information content (AvgIpc) is 3.17. The number of para-hydroxylation sites is 1. The highest BCUT2D eigenvalue weighted by atomic mass is 32.2. The molecule has 9 heteroatoms. The van der Waals surface area contributed by atoms with Gasteiger partial charge in [-0.3, -0.25) is 4.79 Å². The van der Waals surface area contributed by atoms with Crippen LogP contribution in [0.15, 0.2) is 59.5 Å². The number of nitrogens with zero attached hydrogens (tertiary/aromatic N) is 3. The maximum atomic E-state index is 13.1. The zero-order valence-electron chi connectivity index (χ0n) is 19.0. The van der Waals surface area contributed by atoms with Crippen LogP contribution < -0.4 is 4.74 Å². The van der Waals surface area contributed by atoms with E-state index in [9.17, 15) is 18.5 Å². The van der Waals surface area contributed by atoms with E-state index in [-0.39, 0.29) is 17.3 Å². The third-order valence-electron chi connectivity index (χ3n) is 5.78. The van der Waals surface area contributed by atoms with E-state index in [4.69, 9.17) is 9.47 Å². The van der Waals surface area contributed by atoms with E-state index in [1.54, 1.807) is 48.5 Å². The number of sulfonamides is 1. The minimum Gasteiger partial charge on any atom is -0.484 e. The first kappa shape index (κ1) is 23.7. The van der Waals surface area contributed by atoms with Crippen LogP contribution in [0.1, 0.15) is 27.3 Å². The summed E-state index contributed by atoms with van der Waals surface area (Å²) in [6.45, 7) is 4.85. The molecule has 1 aromatic heterocycles. The Hall–Kier alpha value is -3.45. The third kappa shape index (κ3) is 4.61. The van der Waals surface area contributed by atoms with Crippen molar-refractivity contribution in [2.45, 2.75) is 18.7 Å². The Balaban J connectivity index is 1.60. The van der Waals surface area contributed by atoms with Gasteiger partial charge in [-0.2, -0.15) is 9.57 Å². The highest BCUT2D eigenvalue weighted by molar-refractivity contribution is 7.89. The molecule has 2 aromatic carbocycles. The number of aryl methyl sites for hydroxylation is 1. The Morgan fingerprint density at radius 1 is 1.09 bits per heavy atom. The van der Waals surface area contributed by atoms with Crippen LogP contribution in [0.3, 0.4) is 0 Å². The maximum absolute atomic E-state index is 13.1. The van der Waals surface area contributed by atoms with Crippen LogP contribution in [0.4, 0.5) is 0 Å². The molecule has 0 unspecified atom stereocenters. The Morgan fingerprint density at radius 2 is 1.82 bits per heavy atom. The van der Waals surface area contributed by atoms with Crippen LogP contribution in [0.25, 0.3) is 5.69 Å². The number of ether oxygens (including phenoxy) is 2. The summed E-state index contributed by atoms with van der Waals surface area (Å²) in [5, 5.41) is 9.20. The van der Waals surface area contributed by atoms with Crippen molar-refractivity contribution in [2.75, 3.05) is 32.9 Å². The summed E-state index contributed by atoms with van der Waals surface area (Å²) in [5.74, 6) is 0.123. The van der Waals surface area contributed by atoms with Crippen molar-refractivity contribution in [3.05, 3.63) is 77.1 Å². The fourth-order valence-corrected chi connectivity index (χ4v) is 5.52. The molecule has 1 aliphatic heterocycles. The molecule has 0 N–H and O–H groups in total. The standard InChI is InChI=1S/C25H25N3O5S/c1-18-14-23(24(29)17-33-25-9-4-3-6-20(25)16-26)19(2)28(18)21-7-5-8-22(15-21)34(30,31)27-10-12-32-13-11-27/h3-9,14-15H,10-13,17H2,1-2H3. The number of benzene rings is 2. The van der Waals surface area contributed by atoms with Gasteiger partial charge in [-0.05, 0) is 50.2 Å². The summed E-state index contributed by atoms with van der Waals surface area (Å²) in [6.07, 6.45) is 0. The van der Waals surface area contributed by atoms with Crippen molar-refractivity contribution >= 4 is 15.8 Å². The number of carbonyl (C=O) groups is 1. The summed E-state index contributed by atoms with van der Waals surface area (Å²) in [4.78, 5) is 13.1. The van der Waals surface area contributed by atoms with Crippen LogP contribution in [-0.2, 0) is 14.8 Å². The van der Waals surface area contributed by atoms with E-state index in [0.29, 0.717) is 54.6 Å². The number of aromatic nitrogens is 1. The number of hydrogen-bond acceptors (Lipinski definition) is 6. The smallest absolute Gasteiger partial charge is 0.243 e. The molecule has 0 bridgehead atoms. The van der Waals surface area contributed by atoms with Crippen LogP contribution in [0.5, 0.6) is 5.75 Å². The monoisotopic (exact) mass is 479 g/mol. The molecule has 34 heavy (non-hydrogen) atoms. The molecule has 176 valence electrons. The van der Waals surface area contributed by atoms with Crippen LogP contribution >= 0.6 is 0 Å². The molecule has 1 saturated heterocycles. The molecule has 1 aliphatic rings. The first-order valence-corrected chi connectivity index (χ1v) is 12.3. The van der Waals surface area contributed by atoms with Crippen LogP contribution in [0.2, 0.25) is 0 Å². The highest BCUT2D eigenvalue weighted by Gasteiger charge is 2.27. The zero-order valence-corrected chi connectivity index (χ0v) is 19.8. The van der Waals surface area contributed by atoms with Gasteiger partial charge < -0.3 is 14.0 Å². The molecule has 8 nitrogen and oxygen atoms in total. The molecule has 0 amide bonds. The van der Waals surface area contributed by atoms with Crippen molar-refractivity contribution in [2.24, 2.45) is 0 Å². The third-order valence-corrected chi connectivity index (χ3v) is 7.68. The van der Waals surface area contributed by atoms with Gasteiger partial charge in [-0.25, -0.2) is 8.42 Å². The van der Waals surface area contributed by atoms with E-state index < -0.39 is 10.0 Å². The average molecular weight is 480 g/mol. The van der Waals surface area contributed by atoms with Crippen LogP contribution in [0, 0.1) is 25.2 Å². The Morgan fingerprint density at radius 3 is 2.56 bits per heavy atom. The molecule has 1 fully saturated rings. The highest BCUT2D eigenvalue weighted by Crippen LogP contribution is 2.25. The number of carbonyl (C=O) groups excluding carboxylic acids is 1. The predicted octanol–water partition coefficient (Wildman–Crippen LogP) is 3.25. The van der Waals surface area contributed by atoms with Crippen molar-refractivity contribution in [1.29, 1.82) is 5.26 Å². The molecule has 0 spiro atoms. The molecule has 4 rings (SSSR count). The molecular weight excluding hydrogens is 454 g/mol. The molecule has 2 heterocycles. The number of Topliss-reactive ketones (excluding diaryl/α,β-unsaturated/α-hetero) is 1. The van der Waals surface area contributed by atoms with Crippen molar-refractivity contribution in [3.8, 4) is 17.5 Å². The second-order valence-corrected chi connectivity index (χ2v) is 9.89. The lowest BCUT2D eigenvalue weighted by Crippen LogP contribution is -2.40. The molecule has 0 radical (unpaired) electrons. The van der Waals surface area contributed by atoms with Gasteiger partial charge in [0.25, 0.3) is 0 Å². The quantitative estimate of drug-likeness (QED) is 0.482. The van der Waals surface area contributed by atoms with Gasteiger partial charge in [0.1, 0.15) is 11.8 Å². The normalized spacial score (nSPS) is 14.5. The second-order valence-electron chi connectivity index (χ2n) is 7.95. The van der Waals surface area contributed by atoms with E-state index in [2.05, 4.69) is 0 Å². The zero-order chi connectivity index (χ0) is 24.3. The van der Waals surface area contributed by atoms with Gasteiger partial charge in [0, 0.05) is 35.7 Å². The number of nitriles is 1. The first-order valence-electron chi connectivity index (χ1n) is 10.9. The minimum atomic E-state index is -3.65. The Kier molecular flexibility index (Phi) is 6.84. The number of morpholine rings is 1. The molecule has 0 atom stereocenters. The molecular formula is C25H25N3O5S. The minimum absolute atomic E-state index is 0.198. The number of rotatable bonds is 7. The van der Waals surface area contributed by atoms with E-state index in [0.717, 1.165) is 5.69 Å². The summed E-state index contributed by atoms with van der Waals surface area (Å²) in [6, 6.07) is 17.3. The Bertz CT molecular complexity index is 1370. The van der Waals surface area contributed by atoms with E-state index in [1.807, 2.05) is 30.6 Å². The largest absolute Gasteiger partial charge is 0.484 e. The van der Waals surface area contributed by atoms with Crippen molar-refractivity contribution in [3.63, 3.8) is 0 Å².